The van der Waals surface area contributed by atoms with E-state index in [2.05, 4.69) is 15.4 Å². The van der Waals surface area contributed by atoms with Crippen LogP contribution >= 0.6 is 11.8 Å². The number of nitrogens with one attached hydrogen (secondary N) is 2. The van der Waals surface area contributed by atoms with E-state index < -0.39 is 47.4 Å². The first-order valence-corrected chi connectivity index (χ1v) is 10.7. The predicted octanol–water partition coefficient (Wildman–Crippen LogP) is 2.33. The van der Waals surface area contributed by atoms with Gasteiger partial charge in [0, 0.05) is 30.5 Å². The Bertz CT molecular complexity index is 862. The van der Waals surface area contributed by atoms with Gasteiger partial charge in [0.1, 0.15) is 6.54 Å². The molecule has 0 unspecified atom stereocenters. The van der Waals surface area contributed by atoms with E-state index >= 15 is 0 Å². The molecule has 2 N–H and O–H groups in total. The summed E-state index contributed by atoms with van der Waals surface area (Å²) < 4.78 is 57.9. The summed E-state index contributed by atoms with van der Waals surface area (Å²) in [6.07, 6.45) is 2.24. The summed E-state index contributed by atoms with van der Waals surface area (Å²) in [6, 6.07) is 0.0466. The van der Waals surface area contributed by atoms with Crippen LogP contribution in [0.15, 0.2) is 6.07 Å². The van der Waals surface area contributed by atoms with Crippen molar-refractivity contribution in [1.29, 1.82) is 0 Å². The smallest absolute Gasteiger partial charge is 0.331 e. The van der Waals surface area contributed by atoms with Crippen LogP contribution < -0.4 is 15.4 Å². The predicted molar refractivity (Wildman–Crippen MR) is 104 cm³/mol. The van der Waals surface area contributed by atoms with E-state index in [1.54, 1.807) is 11.8 Å². The van der Waals surface area contributed by atoms with Gasteiger partial charge in [-0.05, 0) is 12.8 Å². The highest BCUT2D eigenvalue weighted by molar-refractivity contribution is 8.00. The number of fused-ring (bicyclic) bond motifs is 1. The van der Waals surface area contributed by atoms with E-state index in [4.69, 9.17) is 0 Å². The van der Waals surface area contributed by atoms with Crippen molar-refractivity contribution in [1.82, 2.24) is 15.5 Å². The minimum atomic E-state index is -1.83. The molecule has 0 bridgehead atoms. The fraction of sp³-hybridized carbons (Fsp3) is 0.526. The molecule has 2 fully saturated rings. The number of nitrogens with zero attached hydrogens (tertiary/aromatic N) is 1. The Morgan fingerprint density at radius 2 is 1.84 bits per heavy atom. The van der Waals surface area contributed by atoms with Gasteiger partial charge in [0.05, 0.1) is 12.1 Å². The summed E-state index contributed by atoms with van der Waals surface area (Å²) in [7, 11) is 1.31. The van der Waals surface area contributed by atoms with E-state index in [-0.39, 0.29) is 35.9 Å². The van der Waals surface area contributed by atoms with Crippen LogP contribution in [-0.2, 0) is 9.59 Å². The standard InChI is InChI=1S/C19H21F4N3O4S/c1-26(7-14(28)30-18-15(22)9(20)6-10(21)16(18)23)13(27)5-3-2-4-12-17-11(8-31-12)24-19(29)25-17/h6,11-12,17H,2-5,7-8H2,1H3,(H2,24,25,29)/t11-,12-,17-/m0/s1. The highest BCUT2D eigenvalue weighted by Crippen LogP contribution is 2.33. The Kier molecular flexibility index (Phi) is 7.29. The number of rotatable bonds is 8. The Hall–Kier alpha value is -2.50. The lowest BCUT2D eigenvalue weighted by atomic mass is 10.0. The lowest BCUT2D eigenvalue weighted by Crippen LogP contribution is -2.36. The highest BCUT2D eigenvalue weighted by atomic mass is 32.2. The molecule has 0 radical (unpaired) electrons. The monoisotopic (exact) mass is 463 g/mol. The lowest BCUT2D eigenvalue weighted by Gasteiger charge is -2.18. The van der Waals surface area contributed by atoms with Gasteiger partial charge in [0.25, 0.3) is 0 Å². The molecule has 2 aliphatic heterocycles. The third kappa shape index (κ3) is 5.41. The summed E-state index contributed by atoms with van der Waals surface area (Å²) in [5.41, 5.74) is 0. The summed E-state index contributed by atoms with van der Waals surface area (Å²) in [4.78, 5) is 36.4. The van der Waals surface area contributed by atoms with Crippen molar-refractivity contribution in [3.63, 3.8) is 0 Å². The zero-order chi connectivity index (χ0) is 22.7. The van der Waals surface area contributed by atoms with E-state index in [0.29, 0.717) is 6.42 Å². The van der Waals surface area contributed by atoms with Crippen LogP contribution in [0, 0.1) is 23.3 Å². The topological polar surface area (TPSA) is 87.7 Å². The van der Waals surface area contributed by atoms with Crippen molar-refractivity contribution < 1.29 is 36.7 Å². The van der Waals surface area contributed by atoms with E-state index in [1.807, 2.05) is 0 Å². The number of benzene rings is 1. The Labute approximate surface area is 179 Å². The SMILES string of the molecule is CN(CC(=O)Oc1c(F)c(F)cc(F)c1F)C(=O)CCCC[C@@H]1SC[C@@H]2NC(=O)N[C@@H]21. The number of urea groups is 1. The van der Waals surface area contributed by atoms with Gasteiger partial charge < -0.3 is 20.3 Å². The Balaban J connectivity index is 1.40. The van der Waals surface area contributed by atoms with Crippen molar-refractivity contribution in [3.05, 3.63) is 29.3 Å². The number of hydrogen-bond donors (Lipinski definition) is 2. The summed E-state index contributed by atoms with van der Waals surface area (Å²) in [5.74, 6) is -9.34. The molecule has 170 valence electrons. The number of unbranched alkanes of at least 4 members (excludes halogenated alkanes) is 1. The largest absolute Gasteiger partial charge is 0.419 e. The molecule has 31 heavy (non-hydrogen) atoms. The third-order valence-corrected chi connectivity index (χ3v) is 6.66. The molecule has 1 aromatic rings. The molecule has 2 aliphatic rings. The number of esters is 1. The second-order valence-corrected chi connectivity index (χ2v) is 8.66. The second-order valence-electron chi connectivity index (χ2n) is 7.39. The van der Waals surface area contributed by atoms with Gasteiger partial charge in [-0.2, -0.15) is 20.5 Å². The number of thioether (sulfide) groups is 1. The van der Waals surface area contributed by atoms with Crippen molar-refractivity contribution in [2.45, 2.75) is 43.0 Å². The maximum Gasteiger partial charge on any atom is 0.331 e. The van der Waals surface area contributed by atoms with E-state index in [9.17, 15) is 31.9 Å². The number of carbonyl (C=O) groups excluding carboxylic acids is 3. The molecule has 3 amide bonds. The van der Waals surface area contributed by atoms with E-state index in [1.165, 1.54) is 7.05 Å². The van der Waals surface area contributed by atoms with Crippen molar-refractivity contribution in [3.8, 4) is 5.75 Å². The second kappa shape index (κ2) is 9.75. The number of hydrogen-bond acceptors (Lipinski definition) is 5. The van der Waals surface area contributed by atoms with Gasteiger partial charge in [-0.3, -0.25) is 4.79 Å². The summed E-state index contributed by atoms with van der Waals surface area (Å²) in [6.45, 7) is -0.643. The van der Waals surface area contributed by atoms with Crippen molar-refractivity contribution in [2.24, 2.45) is 0 Å². The number of carbonyl (C=O) groups is 3. The quantitative estimate of drug-likeness (QED) is 0.154. The molecular formula is C19H21F4N3O4S. The fourth-order valence-electron chi connectivity index (χ4n) is 3.52. The van der Waals surface area contributed by atoms with Crippen LogP contribution in [0.3, 0.4) is 0 Å². The number of ether oxygens (including phenoxy) is 1. The molecule has 0 aliphatic carbocycles. The van der Waals surface area contributed by atoms with Crippen LogP contribution in [0.1, 0.15) is 25.7 Å². The molecule has 7 nitrogen and oxygen atoms in total. The number of likely N-dealkylation sites (N-methyl/N-ethyl adjacent to an activating group) is 1. The molecule has 0 aromatic heterocycles. The first-order chi connectivity index (χ1) is 14.7. The summed E-state index contributed by atoms with van der Waals surface area (Å²) in [5, 5.41) is 6.01. The van der Waals surface area contributed by atoms with Gasteiger partial charge in [-0.25, -0.2) is 18.4 Å². The van der Waals surface area contributed by atoms with Crippen molar-refractivity contribution >= 4 is 29.7 Å². The number of halogens is 4. The first-order valence-electron chi connectivity index (χ1n) is 9.63. The fourth-order valence-corrected chi connectivity index (χ4v) is 5.07. The van der Waals surface area contributed by atoms with Crippen LogP contribution in [0.2, 0.25) is 0 Å². The zero-order valence-electron chi connectivity index (χ0n) is 16.6. The van der Waals surface area contributed by atoms with Gasteiger partial charge in [-0.15, -0.1) is 0 Å². The van der Waals surface area contributed by atoms with Gasteiger partial charge in [0.15, 0.2) is 11.6 Å². The molecule has 1 aromatic carbocycles. The average molecular weight is 463 g/mol. The van der Waals surface area contributed by atoms with Crippen LogP contribution in [0.5, 0.6) is 5.75 Å². The molecule has 0 spiro atoms. The third-order valence-electron chi connectivity index (χ3n) is 5.15. The van der Waals surface area contributed by atoms with E-state index in [0.717, 1.165) is 23.5 Å². The van der Waals surface area contributed by atoms with Crippen molar-refractivity contribution in [2.75, 3.05) is 19.3 Å². The molecule has 0 saturated carbocycles. The van der Waals surface area contributed by atoms with Crippen LogP contribution in [0.25, 0.3) is 0 Å². The molecule has 12 heteroatoms. The molecule has 2 saturated heterocycles. The van der Waals surface area contributed by atoms with Gasteiger partial charge in [-0.1, -0.05) is 6.42 Å². The molecular weight excluding hydrogens is 442 g/mol. The Morgan fingerprint density at radius 3 is 2.52 bits per heavy atom. The van der Waals surface area contributed by atoms with Gasteiger partial charge >= 0.3 is 12.0 Å². The van der Waals surface area contributed by atoms with Crippen LogP contribution in [-0.4, -0.2) is 59.5 Å². The lowest BCUT2D eigenvalue weighted by molar-refractivity contribution is -0.141. The highest BCUT2D eigenvalue weighted by Gasteiger charge is 2.42. The minimum Gasteiger partial charge on any atom is -0.419 e. The summed E-state index contributed by atoms with van der Waals surface area (Å²) >= 11 is 1.77. The molecule has 3 rings (SSSR count). The Morgan fingerprint density at radius 1 is 1.16 bits per heavy atom. The maximum absolute atomic E-state index is 13.6. The zero-order valence-corrected chi connectivity index (χ0v) is 17.4. The maximum atomic E-state index is 13.6. The average Bonchev–Trinajstić information content (AvgIpc) is 3.26. The van der Waals surface area contributed by atoms with Gasteiger partial charge in [0.2, 0.25) is 23.3 Å². The molecule has 2 heterocycles. The number of amides is 3. The first kappa shape index (κ1) is 23.2. The normalized spacial score (nSPS) is 22.0. The molecule has 3 atom stereocenters. The van der Waals surface area contributed by atoms with Crippen LogP contribution in [0.4, 0.5) is 22.4 Å². The minimum absolute atomic E-state index is 0.000958.